The van der Waals surface area contributed by atoms with Gasteiger partial charge in [0, 0.05) is 12.1 Å². The van der Waals surface area contributed by atoms with Crippen LogP contribution in [0.2, 0.25) is 0 Å². The largest absolute Gasteiger partial charge is 0.394 e. The number of aromatic nitrogens is 4. The number of rotatable bonds is 4. The van der Waals surface area contributed by atoms with Gasteiger partial charge in [0.15, 0.2) is 11.6 Å². The Morgan fingerprint density at radius 3 is 2.94 bits per heavy atom. The van der Waals surface area contributed by atoms with E-state index < -0.39 is 0 Å². The van der Waals surface area contributed by atoms with Gasteiger partial charge in [0.05, 0.1) is 13.2 Å². The van der Waals surface area contributed by atoms with Crippen molar-refractivity contribution in [3.63, 3.8) is 0 Å². The van der Waals surface area contributed by atoms with Crippen molar-refractivity contribution in [2.24, 2.45) is 0 Å². The van der Waals surface area contributed by atoms with Crippen molar-refractivity contribution in [3.05, 3.63) is 29.7 Å². The second kappa shape index (κ2) is 4.49. The van der Waals surface area contributed by atoms with Gasteiger partial charge in [0.1, 0.15) is 5.69 Å². The van der Waals surface area contributed by atoms with Crippen molar-refractivity contribution in [1.29, 1.82) is 0 Å². The molecule has 0 unspecified atom stereocenters. The Bertz CT molecular complexity index is 560. The summed E-state index contributed by atoms with van der Waals surface area (Å²) >= 11 is 0. The fourth-order valence-electron chi connectivity index (χ4n) is 2.02. The van der Waals surface area contributed by atoms with Gasteiger partial charge in [-0.2, -0.15) is 5.10 Å². The van der Waals surface area contributed by atoms with Crippen LogP contribution in [-0.4, -0.2) is 31.5 Å². The third-order valence-corrected chi connectivity index (χ3v) is 3.16. The molecule has 1 saturated carbocycles. The topological polar surface area (TPSA) is 63.8 Å². The van der Waals surface area contributed by atoms with Crippen molar-refractivity contribution in [2.45, 2.75) is 32.2 Å². The summed E-state index contributed by atoms with van der Waals surface area (Å²) in [5, 5.41) is 13.6. The van der Waals surface area contributed by atoms with Crippen LogP contribution in [0.4, 0.5) is 0 Å². The normalized spacial score (nSPS) is 15.0. The minimum absolute atomic E-state index is 0.0619. The molecular weight excluding hydrogens is 228 g/mol. The van der Waals surface area contributed by atoms with Gasteiger partial charge in [-0.15, -0.1) is 0 Å². The van der Waals surface area contributed by atoms with Crippen LogP contribution < -0.4 is 0 Å². The van der Waals surface area contributed by atoms with Crippen LogP contribution in [-0.2, 0) is 6.54 Å². The van der Waals surface area contributed by atoms with E-state index in [0.29, 0.717) is 12.5 Å². The van der Waals surface area contributed by atoms with Gasteiger partial charge >= 0.3 is 0 Å². The second-order valence-electron chi connectivity index (χ2n) is 4.68. The molecule has 1 fully saturated rings. The van der Waals surface area contributed by atoms with Crippen LogP contribution in [0, 0.1) is 6.92 Å². The molecule has 94 valence electrons. The lowest BCUT2D eigenvalue weighted by molar-refractivity contribution is 0.270. The van der Waals surface area contributed by atoms with Crippen molar-refractivity contribution in [1.82, 2.24) is 19.7 Å². The summed E-state index contributed by atoms with van der Waals surface area (Å²) in [5.74, 6) is 2.17. The zero-order valence-corrected chi connectivity index (χ0v) is 10.4. The Balaban J connectivity index is 2.06. The highest BCUT2D eigenvalue weighted by atomic mass is 16.3. The minimum Gasteiger partial charge on any atom is -0.394 e. The zero-order chi connectivity index (χ0) is 12.5. The van der Waals surface area contributed by atoms with Crippen molar-refractivity contribution >= 4 is 0 Å². The fraction of sp³-hybridized carbons (Fsp3) is 0.462. The molecule has 2 aromatic heterocycles. The van der Waals surface area contributed by atoms with Gasteiger partial charge in [-0.25, -0.2) is 9.67 Å². The minimum atomic E-state index is 0.0619. The van der Waals surface area contributed by atoms with E-state index in [1.54, 1.807) is 10.9 Å². The van der Waals surface area contributed by atoms with Gasteiger partial charge in [-0.1, -0.05) is 6.07 Å². The zero-order valence-electron chi connectivity index (χ0n) is 10.4. The summed E-state index contributed by atoms with van der Waals surface area (Å²) in [4.78, 5) is 8.98. The van der Waals surface area contributed by atoms with E-state index in [4.69, 9.17) is 5.11 Å². The molecule has 2 aromatic rings. The number of aliphatic hydroxyl groups is 1. The molecule has 1 aliphatic rings. The van der Waals surface area contributed by atoms with Gasteiger partial charge < -0.3 is 5.11 Å². The predicted molar refractivity (Wildman–Crippen MR) is 67.1 cm³/mol. The summed E-state index contributed by atoms with van der Waals surface area (Å²) in [5.41, 5.74) is 1.93. The van der Waals surface area contributed by atoms with Crippen LogP contribution in [0.15, 0.2) is 18.3 Å². The van der Waals surface area contributed by atoms with Crippen molar-refractivity contribution in [2.75, 3.05) is 6.61 Å². The fourth-order valence-corrected chi connectivity index (χ4v) is 2.02. The molecule has 0 aliphatic heterocycles. The molecule has 5 heteroatoms. The molecule has 0 amide bonds. The lowest BCUT2D eigenvalue weighted by Crippen LogP contribution is -2.07. The molecule has 18 heavy (non-hydrogen) atoms. The Morgan fingerprint density at radius 2 is 2.28 bits per heavy atom. The van der Waals surface area contributed by atoms with E-state index in [0.717, 1.165) is 22.9 Å². The molecular formula is C13H16N4O. The summed E-state index contributed by atoms with van der Waals surface area (Å²) in [7, 11) is 0. The van der Waals surface area contributed by atoms with Crippen LogP contribution in [0.25, 0.3) is 11.5 Å². The average Bonchev–Trinajstić information content (AvgIpc) is 3.13. The molecule has 0 bridgehead atoms. The Morgan fingerprint density at radius 1 is 1.44 bits per heavy atom. The Hall–Kier alpha value is -1.75. The predicted octanol–water partition coefficient (Wildman–Crippen LogP) is 1.52. The molecule has 1 aliphatic carbocycles. The molecule has 0 atom stereocenters. The first-order valence-electron chi connectivity index (χ1n) is 6.27. The summed E-state index contributed by atoms with van der Waals surface area (Å²) in [6.07, 6.45) is 4.10. The highest BCUT2D eigenvalue weighted by Gasteiger charge is 2.29. The smallest absolute Gasteiger partial charge is 0.177 e. The highest BCUT2D eigenvalue weighted by molar-refractivity contribution is 5.54. The first-order chi connectivity index (χ1) is 8.79. The standard InChI is InChI=1S/C13H16N4O/c1-9-3-2-6-14-11(9)13-15-12(10-4-5-10)16-17(13)7-8-18/h2-3,6,10,18H,4-5,7-8H2,1H3. The third kappa shape index (κ3) is 2.01. The van der Waals surface area contributed by atoms with E-state index >= 15 is 0 Å². The van der Waals surface area contributed by atoms with Gasteiger partial charge in [-0.3, -0.25) is 4.98 Å². The quantitative estimate of drug-likeness (QED) is 0.885. The monoisotopic (exact) mass is 244 g/mol. The lowest BCUT2D eigenvalue weighted by atomic mass is 10.2. The Labute approximate surface area is 106 Å². The van der Waals surface area contributed by atoms with Crippen LogP contribution in [0.1, 0.15) is 30.1 Å². The number of hydrogen-bond acceptors (Lipinski definition) is 4. The molecule has 2 heterocycles. The van der Waals surface area contributed by atoms with Crippen LogP contribution in [0.3, 0.4) is 0 Å². The van der Waals surface area contributed by atoms with Gasteiger partial charge in [-0.05, 0) is 31.4 Å². The maximum Gasteiger partial charge on any atom is 0.177 e. The van der Waals surface area contributed by atoms with Crippen molar-refractivity contribution in [3.8, 4) is 11.5 Å². The van der Waals surface area contributed by atoms with Gasteiger partial charge in [0.25, 0.3) is 0 Å². The molecule has 1 N–H and O–H groups in total. The highest BCUT2D eigenvalue weighted by Crippen LogP contribution is 2.38. The first-order valence-corrected chi connectivity index (χ1v) is 6.27. The summed E-state index contributed by atoms with van der Waals surface area (Å²) in [6, 6.07) is 3.92. The maximum atomic E-state index is 9.11. The molecule has 5 nitrogen and oxygen atoms in total. The number of hydrogen-bond donors (Lipinski definition) is 1. The average molecular weight is 244 g/mol. The maximum absolute atomic E-state index is 9.11. The van der Waals surface area contributed by atoms with E-state index in [-0.39, 0.29) is 6.61 Å². The Kier molecular flexibility index (Phi) is 2.83. The third-order valence-electron chi connectivity index (χ3n) is 3.16. The summed E-state index contributed by atoms with van der Waals surface area (Å²) < 4.78 is 1.77. The number of aliphatic hydroxyl groups excluding tert-OH is 1. The molecule has 0 aromatic carbocycles. The lowest BCUT2D eigenvalue weighted by Gasteiger charge is -2.05. The van der Waals surface area contributed by atoms with Crippen LogP contribution in [0.5, 0.6) is 0 Å². The second-order valence-corrected chi connectivity index (χ2v) is 4.68. The molecule has 0 spiro atoms. The molecule has 0 radical (unpaired) electrons. The number of nitrogens with zero attached hydrogens (tertiary/aromatic N) is 4. The van der Waals surface area contributed by atoms with Crippen molar-refractivity contribution < 1.29 is 5.11 Å². The van der Waals surface area contributed by atoms with Crippen LogP contribution >= 0.6 is 0 Å². The van der Waals surface area contributed by atoms with E-state index in [9.17, 15) is 0 Å². The number of pyridine rings is 1. The van der Waals surface area contributed by atoms with E-state index in [1.807, 2.05) is 19.1 Å². The first kappa shape index (κ1) is 11.3. The van der Waals surface area contributed by atoms with E-state index in [1.165, 1.54) is 12.8 Å². The SMILES string of the molecule is Cc1cccnc1-c1nc(C2CC2)nn1CCO. The molecule has 0 saturated heterocycles. The molecule has 3 rings (SSSR count). The number of aryl methyl sites for hydroxylation is 1. The van der Waals surface area contributed by atoms with Gasteiger partial charge in [0.2, 0.25) is 0 Å². The van der Waals surface area contributed by atoms with E-state index in [2.05, 4.69) is 15.1 Å². The summed E-state index contributed by atoms with van der Waals surface area (Å²) in [6.45, 7) is 2.54.